The Kier molecular flexibility index (Phi) is 6.42. The molecule has 0 radical (unpaired) electrons. The highest BCUT2D eigenvalue weighted by molar-refractivity contribution is 6.34. The van der Waals surface area contributed by atoms with Gasteiger partial charge in [-0.3, -0.25) is 0 Å². The summed E-state index contributed by atoms with van der Waals surface area (Å²) in [5.74, 6) is 0.436. The van der Waals surface area contributed by atoms with Gasteiger partial charge in [-0.15, -0.1) is 0 Å². The second-order valence-corrected chi connectivity index (χ2v) is 9.51. The van der Waals surface area contributed by atoms with E-state index in [-0.39, 0.29) is 18.1 Å². The van der Waals surface area contributed by atoms with Crippen molar-refractivity contribution in [2.24, 2.45) is 11.3 Å². The molecule has 1 aliphatic carbocycles. The molecule has 0 spiro atoms. The number of hydrogen-bond donors (Lipinski definition) is 3. The van der Waals surface area contributed by atoms with Crippen molar-refractivity contribution in [3.8, 4) is 0 Å². The zero-order valence-corrected chi connectivity index (χ0v) is 17.8. The van der Waals surface area contributed by atoms with Crippen molar-refractivity contribution in [2.45, 2.75) is 45.6 Å². The Labute approximate surface area is 172 Å². The van der Waals surface area contributed by atoms with E-state index in [1.54, 1.807) is 0 Å². The predicted molar refractivity (Wildman–Crippen MR) is 113 cm³/mol. The van der Waals surface area contributed by atoms with Crippen LogP contribution in [0.4, 0.5) is 16.2 Å². The molecule has 1 aromatic rings. The average Bonchev–Trinajstić information content (AvgIpc) is 2.60. The van der Waals surface area contributed by atoms with Crippen LogP contribution in [0.15, 0.2) is 18.2 Å². The van der Waals surface area contributed by atoms with Crippen molar-refractivity contribution >= 4 is 29.0 Å². The summed E-state index contributed by atoms with van der Waals surface area (Å²) in [6.07, 6.45) is 2.61. The number of nitrogens with one attached hydrogen (secondary N) is 2. The fraction of sp³-hybridized carbons (Fsp3) is 0.667. The van der Waals surface area contributed by atoms with E-state index in [0.29, 0.717) is 29.8 Å². The van der Waals surface area contributed by atoms with Crippen LogP contribution in [0.1, 0.15) is 40.0 Å². The van der Waals surface area contributed by atoms with Crippen LogP contribution in [-0.2, 0) is 4.74 Å². The minimum atomic E-state index is -0.608. The van der Waals surface area contributed by atoms with Gasteiger partial charge in [0.1, 0.15) is 0 Å². The third-order valence-corrected chi connectivity index (χ3v) is 6.01. The Balaban J connectivity index is 1.77. The van der Waals surface area contributed by atoms with Crippen LogP contribution in [0.5, 0.6) is 0 Å². The zero-order valence-electron chi connectivity index (χ0n) is 17.1. The number of morpholine rings is 1. The number of carbonyl (C=O) groups is 1. The lowest BCUT2D eigenvalue weighted by atomic mass is 9.64. The molecule has 0 unspecified atom stereocenters. The first-order valence-corrected chi connectivity index (χ1v) is 10.4. The summed E-state index contributed by atoms with van der Waals surface area (Å²) in [5, 5.41) is 16.8. The molecule has 1 aliphatic heterocycles. The third-order valence-electron chi connectivity index (χ3n) is 5.70. The normalized spacial score (nSPS) is 27.3. The van der Waals surface area contributed by atoms with Gasteiger partial charge in [-0.1, -0.05) is 38.4 Å². The van der Waals surface area contributed by atoms with E-state index >= 15 is 0 Å². The fourth-order valence-corrected chi connectivity index (χ4v) is 5.41. The lowest BCUT2D eigenvalue weighted by Gasteiger charge is -2.47. The van der Waals surface area contributed by atoms with E-state index in [1.807, 2.05) is 18.2 Å². The van der Waals surface area contributed by atoms with E-state index in [2.05, 4.69) is 36.3 Å². The first-order chi connectivity index (χ1) is 13.2. The molecule has 0 aromatic heterocycles. The second kappa shape index (κ2) is 8.47. The zero-order chi connectivity index (χ0) is 20.4. The van der Waals surface area contributed by atoms with Crippen LogP contribution in [0.25, 0.3) is 0 Å². The van der Waals surface area contributed by atoms with E-state index < -0.39 is 5.54 Å². The molecule has 0 bridgehead atoms. The minimum Gasteiger partial charge on any atom is -0.394 e. The van der Waals surface area contributed by atoms with Crippen LogP contribution < -0.4 is 15.5 Å². The van der Waals surface area contributed by atoms with Crippen LogP contribution >= 0.6 is 11.6 Å². The van der Waals surface area contributed by atoms with Crippen molar-refractivity contribution in [1.29, 1.82) is 0 Å². The van der Waals surface area contributed by atoms with Crippen molar-refractivity contribution in [2.75, 3.05) is 43.1 Å². The molecule has 1 saturated heterocycles. The average molecular weight is 410 g/mol. The van der Waals surface area contributed by atoms with Gasteiger partial charge in [0.05, 0.1) is 41.8 Å². The minimum absolute atomic E-state index is 0.0694. The number of para-hydroxylation sites is 1. The number of aliphatic hydroxyl groups is 1. The summed E-state index contributed by atoms with van der Waals surface area (Å²) in [6.45, 7) is 9.23. The van der Waals surface area contributed by atoms with Crippen molar-refractivity contribution in [3.63, 3.8) is 0 Å². The van der Waals surface area contributed by atoms with E-state index in [9.17, 15) is 9.90 Å². The van der Waals surface area contributed by atoms with Gasteiger partial charge < -0.3 is 25.4 Å². The van der Waals surface area contributed by atoms with Gasteiger partial charge in [0, 0.05) is 13.1 Å². The van der Waals surface area contributed by atoms with Gasteiger partial charge in [-0.25, -0.2) is 4.79 Å². The molecule has 2 fully saturated rings. The monoisotopic (exact) mass is 409 g/mol. The van der Waals surface area contributed by atoms with E-state index in [1.165, 1.54) is 0 Å². The Hall–Kier alpha value is -1.50. The standard InChI is InChI=1S/C21H32ClN3O3/c1-15-11-20(2,3)13-21(12-15,14-26)24-19(27)23-17-6-4-5-16(22)18(17)25-7-9-28-10-8-25/h4-6,15,26H,7-14H2,1-3H3,(H2,23,24,27)/t15-,21+/m1/s1. The summed E-state index contributed by atoms with van der Waals surface area (Å²) in [5.41, 5.74) is 0.951. The molecule has 3 N–H and O–H groups in total. The molecule has 7 heteroatoms. The molecule has 28 heavy (non-hydrogen) atoms. The van der Waals surface area contributed by atoms with Gasteiger partial charge in [0.15, 0.2) is 0 Å². The second-order valence-electron chi connectivity index (χ2n) is 9.11. The molecule has 1 aromatic carbocycles. The highest BCUT2D eigenvalue weighted by atomic mass is 35.5. The number of rotatable bonds is 4. The fourth-order valence-electron chi connectivity index (χ4n) is 5.12. The van der Waals surface area contributed by atoms with E-state index in [4.69, 9.17) is 16.3 Å². The largest absolute Gasteiger partial charge is 0.394 e. The maximum Gasteiger partial charge on any atom is 0.319 e. The highest BCUT2D eigenvalue weighted by Crippen LogP contribution is 2.44. The molecule has 3 rings (SSSR count). The lowest BCUT2D eigenvalue weighted by molar-refractivity contribution is 0.0446. The third kappa shape index (κ3) is 4.91. The smallest absolute Gasteiger partial charge is 0.319 e. The number of anilines is 2. The van der Waals surface area contributed by atoms with Crippen molar-refractivity contribution in [1.82, 2.24) is 5.32 Å². The number of hydrogen-bond acceptors (Lipinski definition) is 4. The first-order valence-electron chi connectivity index (χ1n) is 10.0. The number of urea groups is 1. The van der Waals surface area contributed by atoms with Crippen LogP contribution in [0.3, 0.4) is 0 Å². The van der Waals surface area contributed by atoms with Gasteiger partial charge in [0.25, 0.3) is 0 Å². The summed E-state index contributed by atoms with van der Waals surface area (Å²) < 4.78 is 5.43. The van der Waals surface area contributed by atoms with E-state index in [0.717, 1.165) is 38.0 Å². The molecule has 2 aliphatic rings. The number of benzene rings is 1. The maximum atomic E-state index is 12.9. The number of nitrogens with zero attached hydrogens (tertiary/aromatic N) is 1. The Morgan fingerprint density at radius 1 is 1.32 bits per heavy atom. The van der Waals surface area contributed by atoms with Gasteiger partial charge in [0.2, 0.25) is 0 Å². The topological polar surface area (TPSA) is 73.8 Å². The summed E-state index contributed by atoms with van der Waals surface area (Å²) in [4.78, 5) is 15.0. The molecular formula is C21H32ClN3O3. The molecule has 2 amide bonds. The Morgan fingerprint density at radius 2 is 2.04 bits per heavy atom. The molecule has 1 heterocycles. The Bertz CT molecular complexity index is 706. The van der Waals surface area contributed by atoms with Gasteiger partial charge in [-0.2, -0.15) is 0 Å². The first kappa shape index (κ1) is 21.2. The molecule has 156 valence electrons. The number of carbonyl (C=O) groups excluding carboxylic acids is 1. The number of halogens is 1. The quantitative estimate of drug-likeness (QED) is 0.705. The molecule has 6 nitrogen and oxygen atoms in total. The number of aliphatic hydroxyl groups excluding tert-OH is 1. The van der Waals surface area contributed by atoms with Crippen molar-refractivity contribution < 1.29 is 14.6 Å². The molecule has 2 atom stereocenters. The van der Waals surface area contributed by atoms with Crippen LogP contribution in [0.2, 0.25) is 5.02 Å². The van der Waals surface area contributed by atoms with Crippen LogP contribution in [0, 0.1) is 11.3 Å². The number of ether oxygens (including phenoxy) is 1. The van der Waals surface area contributed by atoms with Crippen LogP contribution in [-0.4, -0.2) is 49.6 Å². The van der Waals surface area contributed by atoms with Crippen molar-refractivity contribution in [3.05, 3.63) is 23.2 Å². The lowest BCUT2D eigenvalue weighted by Crippen LogP contribution is -2.58. The highest BCUT2D eigenvalue weighted by Gasteiger charge is 2.43. The summed E-state index contributed by atoms with van der Waals surface area (Å²) in [7, 11) is 0. The summed E-state index contributed by atoms with van der Waals surface area (Å²) >= 11 is 6.46. The number of amides is 2. The van der Waals surface area contributed by atoms with Gasteiger partial charge in [-0.05, 0) is 42.7 Å². The molecule has 1 saturated carbocycles. The molecular weight excluding hydrogens is 378 g/mol. The van der Waals surface area contributed by atoms with Gasteiger partial charge >= 0.3 is 6.03 Å². The summed E-state index contributed by atoms with van der Waals surface area (Å²) in [6, 6.07) is 5.21. The SMILES string of the molecule is C[C@@H]1CC(C)(C)C[C@@](CO)(NC(=O)Nc2cccc(Cl)c2N2CCOCC2)C1. The maximum absolute atomic E-state index is 12.9. The Morgan fingerprint density at radius 3 is 2.68 bits per heavy atom. The predicted octanol–water partition coefficient (Wildman–Crippen LogP) is 3.88.